The summed E-state index contributed by atoms with van der Waals surface area (Å²) in [6, 6.07) is 10.1. The molecule has 1 aromatic carbocycles. The SMILES string of the molecule is CN(C(=O)C1(c2ccccc2)CC1)C1CCCCC1O. The lowest BCUT2D eigenvalue weighted by Gasteiger charge is -2.37. The van der Waals surface area contributed by atoms with Gasteiger partial charge < -0.3 is 10.0 Å². The molecule has 0 saturated heterocycles. The van der Waals surface area contributed by atoms with E-state index in [1.54, 1.807) is 0 Å². The molecular weight excluding hydrogens is 250 g/mol. The minimum Gasteiger partial charge on any atom is -0.391 e. The monoisotopic (exact) mass is 273 g/mol. The fraction of sp³-hybridized carbons (Fsp3) is 0.588. The predicted molar refractivity (Wildman–Crippen MR) is 78.4 cm³/mol. The van der Waals surface area contributed by atoms with Crippen LogP contribution in [0.25, 0.3) is 0 Å². The Morgan fingerprint density at radius 2 is 1.85 bits per heavy atom. The summed E-state index contributed by atoms with van der Waals surface area (Å²) in [6.07, 6.45) is 5.44. The van der Waals surface area contributed by atoms with Crippen LogP contribution < -0.4 is 0 Å². The summed E-state index contributed by atoms with van der Waals surface area (Å²) in [4.78, 5) is 14.7. The molecule has 0 aromatic heterocycles. The highest BCUT2D eigenvalue weighted by Gasteiger charge is 2.53. The van der Waals surface area contributed by atoms with Crippen molar-refractivity contribution < 1.29 is 9.90 Å². The van der Waals surface area contributed by atoms with Gasteiger partial charge in [0.25, 0.3) is 0 Å². The van der Waals surface area contributed by atoms with Crippen molar-refractivity contribution in [2.75, 3.05) is 7.05 Å². The number of amides is 1. The van der Waals surface area contributed by atoms with Crippen molar-refractivity contribution in [1.82, 2.24) is 4.90 Å². The van der Waals surface area contributed by atoms with E-state index in [4.69, 9.17) is 0 Å². The van der Waals surface area contributed by atoms with Crippen LogP contribution in [0, 0.1) is 0 Å². The van der Waals surface area contributed by atoms with Crippen LogP contribution in [0.1, 0.15) is 44.1 Å². The highest BCUT2D eigenvalue weighted by atomic mass is 16.3. The second kappa shape index (κ2) is 5.21. The molecule has 0 heterocycles. The van der Waals surface area contributed by atoms with Crippen molar-refractivity contribution in [2.45, 2.75) is 56.1 Å². The average molecular weight is 273 g/mol. The Hall–Kier alpha value is -1.35. The van der Waals surface area contributed by atoms with E-state index in [0.717, 1.165) is 44.1 Å². The fourth-order valence-electron chi connectivity index (χ4n) is 3.54. The maximum atomic E-state index is 12.9. The van der Waals surface area contributed by atoms with E-state index in [9.17, 15) is 9.90 Å². The Bertz CT molecular complexity index is 481. The predicted octanol–water partition coefficient (Wildman–Crippen LogP) is 2.48. The molecule has 0 bridgehead atoms. The third kappa shape index (κ3) is 2.24. The summed E-state index contributed by atoms with van der Waals surface area (Å²) >= 11 is 0. The molecule has 2 saturated carbocycles. The molecule has 1 N–H and O–H groups in total. The first kappa shape index (κ1) is 13.6. The van der Waals surface area contributed by atoms with Gasteiger partial charge in [-0.1, -0.05) is 43.2 Å². The summed E-state index contributed by atoms with van der Waals surface area (Å²) < 4.78 is 0. The number of hydrogen-bond donors (Lipinski definition) is 1. The zero-order valence-electron chi connectivity index (χ0n) is 12.1. The number of likely N-dealkylation sites (N-methyl/N-ethyl adjacent to an activating group) is 1. The first-order chi connectivity index (χ1) is 9.65. The molecule has 2 atom stereocenters. The lowest BCUT2D eigenvalue weighted by atomic mass is 9.89. The smallest absolute Gasteiger partial charge is 0.233 e. The topological polar surface area (TPSA) is 40.5 Å². The molecule has 2 fully saturated rings. The van der Waals surface area contributed by atoms with Crippen LogP contribution in [0.4, 0.5) is 0 Å². The van der Waals surface area contributed by atoms with E-state index in [2.05, 4.69) is 12.1 Å². The molecule has 108 valence electrons. The highest BCUT2D eigenvalue weighted by Crippen LogP contribution is 2.49. The number of carbonyl (C=O) groups is 1. The van der Waals surface area contributed by atoms with Crippen LogP contribution >= 0.6 is 0 Å². The third-order valence-corrected chi connectivity index (χ3v) is 5.00. The van der Waals surface area contributed by atoms with Gasteiger partial charge in [0.15, 0.2) is 0 Å². The minimum absolute atomic E-state index is 0.00237. The van der Waals surface area contributed by atoms with Gasteiger partial charge in [0.2, 0.25) is 5.91 Å². The molecule has 0 radical (unpaired) electrons. The summed E-state index contributed by atoms with van der Waals surface area (Å²) in [6.45, 7) is 0. The zero-order chi connectivity index (χ0) is 14.2. The van der Waals surface area contributed by atoms with E-state index in [1.807, 2.05) is 30.1 Å². The third-order valence-electron chi connectivity index (χ3n) is 5.00. The molecule has 3 heteroatoms. The molecule has 2 aliphatic rings. The summed E-state index contributed by atoms with van der Waals surface area (Å²) in [7, 11) is 1.87. The van der Waals surface area contributed by atoms with Gasteiger partial charge >= 0.3 is 0 Å². The van der Waals surface area contributed by atoms with Crippen LogP contribution in [-0.4, -0.2) is 35.1 Å². The van der Waals surface area contributed by atoms with Crippen molar-refractivity contribution >= 4 is 5.91 Å². The molecule has 1 amide bonds. The average Bonchev–Trinajstić information content (AvgIpc) is 3.29. The van der Waals surface area contributed by atoms with Crippen LogP contribution in [0.5, 0.6) is 0 Å². The maximum absolute atomic E-state index is 12.9. The lowest BCUT2D eigenvalue weighted by Crippen LogP contribution is -2.49. The molecule has 3 nitrogen and oxygen atoms in total. The van der Waals surface area contributed by atoms with Gasteiger partial charge in [0.05, 0.1) is 17.6 Å². The minimum atomic E-state index is -0.357. The summed E-state index contributed by atoms with van der Waals surface area (Å²) in [5.41, 5.74) is 0.815. The molecular formula is C17H23NO2. The summed E-state index contributed by atoms with van der Waals surface area (Å²) in [5.74, 6) is 0.189. The number of rotatable bonds is 3. The quantitative estimate of drug-likeness (QED) is 0.919. The van der Waals surface area contributed by atoms with Gasteiger partial charge in [-0.2, -0.15) is 0 Å². The van der Waals surface area contributed by atoms with E-state index in [-0.39, 0.29) is 23.5 Å². The van der Waals surface area contributed by atoms with Crippen LogP contribution in [0.15, 0.2) is 30.3 Å². The van der Waals surface area contributed by atoms with Crippen molar-refractivity contribution in [3.8, 4) is 0 Å². The molecule has 1 aromatic rings. The number of benzene rings is 1. The van der Waals surface area contributed by atoms with Crippen molar-refractivity contribution in [1.29, 1.82) is 0 Å². The van der Waals surface area contributed by atoms with Crippen molar-refractivity contribution in [2.24, 2.45) is 0 Å². The largest absolute Gasteiger partial charge is 0.391 e. The maximum Gasteiger partial charge on any atom is 0.233 e. The Morgan fingerprint density at radius 3 is 2.45 bits per heavy atom. The van der Waals surface area contributed by atoms with Gasteiger partial charge in [-0.25, -0.2) is 0 Å². The summed E-state index contributed by atoms with van der Waals surface area (Å²) in [5, 5.41) is 10.2. The normalized spacial score (nSPS) is 27.9. The van der Waals surface area contributed by atoms with E-state index in [1.165, 1.54) is 0 Å². The number of nitrogens with zero attached hydrogens (tertiary/aromatic N) is 1. The van der Waals surface area contributed by atoms with Gasteiger partial charge in [0.1, 0.15) is 0 Å². The fourth-order valence-corrected chi connectivity index (χ4v) is 3.54. The van der Waals surface area contributed by atoms with Crippen LogP contribution in [0.3, 0.4) is 0 Å². The Kier molecular flexibility index (Phi) is 3.55. The molecule has 2 unspecified atom stereocenters. The van der Waals surface area contributed by atoms with Crippen LogP contribution in [-0.2, 0) is 10.2 Å². The Morgan fingerprint density at radius 1 is 1.20 bits per heavy atom. The van der Waals surface area contributed by atoms with Crippen molar-refractivity contribution in [3.63, 3.8) is 0 Å². The van der Waals surface area contributed by atoms with Gasteiger partial charge in [-0.3, -0.25) is 4.79 Å². The number of aliphatic hydroxyl groups is 1. The van der Waals surface area contributed by atoms with Gasteiger partial charge in [-0.15, -0.1) is 0 Å². The van der Waals surface area contributed by atoms with E-state index >= 15 is 0 Å². The number of aliphatic hydroxyl groups excluding tert-OH is 1. The molecule has 0 aliphatic heterocycles. The second-order valence-electron chi connectivity index (χ2n) is 6.28. The zero-order valence-corrected chi connectivity index (χ0v) is 12.1. The number of hydrogen-bond acceptors (Lipinski definition) is 2. The Balaban J connectivity index is 1.78. The van der Waals surface area contributed by atoms with Gasteiger partial charge in [0, 0.05) is 7.05 Å². The standard InChI is InChI=1S/C17H23NO2/c1-18(14-9-5-6-10-15(14)19)16(20)17(11-12-17)13-7-3-2-4-8-13/h2-4,7-8,14-15,19H,5-6,9-12H2,1H3. The van der Waals surface area contributed by atoms with Crippen molar-refractivity contribution in [3.05, 3.63) is 35.9 Å². The number of carbonyl (C=O) groups excluding carboxylic acids is 1. The van der Waals surface area contributed by atoms with E-state index < -0.39 is 0 Å². The van der Waals surface area contributed by atoms with Gasteiger partial charge in [-0.05, 0) is 31.2 Å². The molecule has 0 spiro atoms. The molecule has 3 rings (SSSR count). The van der Waals surface area contributed by atoms with Crippen LogP contribution in [0.2, 0.25) is 0 Å². The highest BCUT2D eigenvalue weighted by molar-refractivity contribution is 5.91. The molecule has 2 aliphatic carbocycles. The Labute approximate surface area is 120 Å². The first-order valence-electron chi connectivity index (χ1n) is 7.66. The molecule has 20 heavy (non-hydrogen) atoms. The lowest BCUT2D eigenvalue weighted by molar-refractivity contribution is -0.138. The second-order valence-corrected chi connectivity index (χ2v) is 6.28. The van der Waals surface area contributed by atoms with E-state index in [0.29, 0.717) is 0 Å². The first-order valence-corrected chi connectivity index (χ1v) is 7.66.